The maximum absolute atomic E-state index is 11.3. The van der Waals surface area contributed by atoms with Gasteiger partial charge in [-0.2, -0.15) is 0 Å². The summed E-state index contributed by atoms with van der Waals surface area (Å²) in [4.78, 5) is 12.8. The number of hydrogen-bond donors (Lipinski definition) is 3. The highest BCUT2D eigenvalue weighted by Crippen LogP contribution is 2.34. The minimum atomic E-state index is -0.874. The third-order valence-corrected chi connectivity index (χ3v) is 3.61. The summed E-state index contributed by atoms with van der Waals surface area (Å²) in [6.07, 6.45) is -0.874. The first-order valence-electron chi connectivity index (χ1n) is 7.17. The Morgan fingerprint density at radius 2 is 2.14 bits per heavy atom. The lowest BCUT2D eigenvalue weighted by atomic mass is 10.1. The molecule has 0 aromatic heterocycles. The molecule has 1 aliphatic heterocycles. The van der Waals surface area contributed by atoms with E-state index in [-0.39, 0.29) is 23.8 Å². The molecule has 0 radical (unpaired) electrons. The zero-order chi connectivity index (χ0) is 16.1. The van der Waals surface area contributed by atoms with E-state index in [0.717, 1.165) is 0 Å². The highest BCUT2D eigenvalue weighted by molar-refractivity contribution is 5.72. The van der Waals surface area contributed by atoms with Crippen molar-refractivity contribution in [3.05, 3.63) is 27.8 Å². The van der Waals surface area contributed by atoms with Crippen LogP contribution in [0.5, 0.6) is 0 Å². The lowest BCUT2D eigenvalue weighted by Gasteiger charge is -2.29. The van der Waals surface area contributed by atoms with Crippen LogP contribution in [-0.4, -0.2) is 60.7 Å². The Kier molecular flexibility index (Phi) is 5.53. The highest BCUT2D eigenvalue weighted by Gasteiger charge is 2.23. The smallest absolute Gasteiger partial charge is 0.292 e. The second-order valence-corrected chi connectivity index (χ2v) is 5.23. The maximum Gasteiger partial charge on any atom is 0.292 e. The number of anilines is 2. The Hall–Kier alpha value is -1.90. The van der Waals surface area contributed by atoms with Crippen LogP contribution in [0.15, 0.2) is 12.1 Å². The summed E-state index contributed by atoms with van der Waals surface area (Å²) in [5.41, 5.74) is 2.03. The number of aliphatic hydroxyl groups excluding tert-OH is 2. The van der Waals surface area contributed by atoms with Crippen LogP contribution in [0.1, 0.15) is 5.56 Å². The Bertz CT molecular complexity index is 531. The second-order valence-electron chi connectivity index (χ2n) is 5.23. The van der Waals surface area contributed by atoms with E-state index in [1.165, 1.54) is 6.07 Å². The molecule has 1 aliphatic rings. The minimum absolute atomic E-state index is 0.0626. The van der Waals surface area contributed by atoms with Gasteiger partial charge in [0.15, 0.2) is 0 Å². The Morgan fingerprint density at radius 1 is 1.45 bits per heavy atom. The van der Waals surface area contributed by atoms with E-state index >= 15 is 0 Å². The fourth-order valence-corrected chi connectivity index (χ4v) is 2.37. The summed E-state index contributed by atoms with van der Waals surface area (Å²) < 4.78 is 5.28. The van der Waals surface area contributed by atoms with Crippen molar-refractivity contribution in [1.82, 2.24) is 0 Å². The Balaban J connectivity index is 2.29. The molecule has 122 valence electrons. The van der Waals surface area contributed by atoms with Gasteiger partial charge in [-0.05, 0) is 18.6 Å². The quantitative estimate of drug-likeness (QED) is 0.518. The zero-order valence-corrected chi connectivity index (χ0v) is 12.5. The third-order valence-electron chi connectivity index (χ3n) is 3.61. The number of nitrogens with zero attached hydrogens (tertiary/aromatic N) is 2. The number of rotatable bonds is 6. The Morgan fingerprint density at radius 3 is 2.73 bits per heavy atom. The van der Waals surface area contributed by atoms with Crippen LogP contribution < -0.4 is 10.2 Å². The van der Waals surface area contributed by atoms with Gasteiger partial charge < -0.3 is 25.2 Å². The van der Waals surface area contributed by atoms with Gasteiger partial charge in [0, 0.05) is 31.4 Å². The summed E-state index contributed by atoms with van der Waals surface area (Å²) >= 11 is 0. The van der Waals surface area contributed by atoms with E-state index in [1.54, 1.807) is 13.0 Å². The second kappa shape index (κ2) is 7.39. The van der Waals surface area contributed by atoms with Crippen LogP contribution in [0.4, 0.5) is 17.1 Å². The molecule has 1 unspecified atom stereocenters. The number of benzene rings is 1. The standard InChI is InChI=1S/C14H21N3O5/c1-10-6-14(17(20)21)13(16-2-4-22-5-3-16)7-12(10)15-8-11(19)9-18/h6-7,11,15,18-19H,2-5,8-9H2,1H3. The van der Waals surface area contributed by atoms with Crippen LogP contribution in [0.3, 0.4) is 0 Å². The van der Waals surface area contributed by atoms with E-state index in [9.17, 15) is 15.2 Å². The van der Waals surface area contributed by atoms with Crippen molar-refractivity contribution in [2.24, 2.45) is 0 Å². The molecule has 0 spiro atoms. The maximum atomic E-state index is 11.3. The van der Waals surface area contributed by atoms with Crippen LogP contribution in [-0.2, 0) is 4.74 Å². The number of morpholine rings is 1. The lowest BCUT2D eigenvalue weighted by Crippen LogP contribution is -2.36. The molecule has 0 bridgehead atoms. The van der Waals surface area contributed by atoms with Crippen LogP contribution in [0.25, 0.3) is 0 Å². The molecule has 8 nitrogen and oxygen atoms in total. The summed E-state index contributed by atoms with van der Waals surface area (Å²) in [5, 5.41) is 32.6. The lowest BCUT2D eigenvalue weighted by molar-refractivity contribution is -0.384. The SMILES string of the molecule is Cc1cc([N+](=O)[O-])c(N2CCOCC2)cc1NCC(O)CO. The number of nitro groups is 1. The predicted octanol–water partition coefficient (Wildman–Crippen LogP) is 0.505. The van der Waals surface area contributed by atoms with Gasteiger partial charge in [0.2, 0.25) is 0 Å². The molecule has 2 rings (SSSR count). The minimum Gasteiger partial charge on any atom is -0.394 e. The van der Waals surface area contributed by atoms with Crippen molar-refractivity contribution in [1.29, 1.82) is 0 Å². The molecular weight excluding hydrogens is 290 g/mol. The van der Waals surface area contributed by atoms with Gasteiger partial charge in [0.05, 0.1) is 30.8 Å². The Labute approximate surface area is 128 Å². The number of nitro benzene ring substituents is 1. The number of nitrogens with one attached hydrogen (secondary N) is 1. The normalized spacial score (nSPS) is 16.4. The van der Waals surface area contributed by atoms with Crippen molar-refractivity contribution in [3.63, 3.8) is 0 Å². The summed E-state index contributed by atoms with van der Waals surface area (Å²) in [6.45, 7) is 3.88. The first-order valence-corrected chi connectivity index (χ1v) is 7.17. The summed E-state index contributed by atoms with van der Waals surface area (Å²) in [6, 6.07) is 3.25. The van der Waals surface area contributed by atoms with Gasteiger partial charge in [-0.3, -0.25) is 10.1 Å². The molecule has 1 heterocycles. The summed E-state index contributed by atoms with van der Waals surface area (Å²) in [5.74, 6) is 0. The average molecular weight is 311 g/mol. The molecular formula is C14H21N3O5. The molecule has 1 atom stereocenters. The average Bonchev–Trinajstić information content (AvgIpc) is 2.53. The first kappa shape index (κ1) is 16.5. The van der Waals surface area contributed by atoms with E-state index in [4.69, 9.17) is 9.84 Å². The largest absolute Gasteiger partial charge is 0.394 e. The molecule has 1 aromatic rings. The van der Waals surface area contributed by atoms with E-state index < -0.39 is 6.10 Å². The number of aliphatic hydroxyl groups is 2. The fourth-order valence-electron chi connectivity index (χ4n) is 2.37. The fraction of sp³-hybridized carbons (Fsp3) is 0.571. The molecule has 1 aromatic carbocycles. The molecule has 1 fully saturated rings. The van der Waals surface area contributed by atoms with Gasteiger partial charge in [0.25, 0.3) is 5.69 Å². The molecule has 0 saturated carbocycles. The van der Waals surface area contributed by atoms with E-state index in [2.05, 4.69) is 5.32 Å². The monoisotopic (exact) mass is 311 g/mol. The van der Waals surface area contributed by atoms with Gasteiger partial charge in [-0.25, -0.2) is 0 Å². The molecule has 0 amide bonds. The zero-order valence-electron chi connectivity index (χ0n) is 12.5. The molecule has 22 heavy (non-hydrogen) atoms. The number of aryl methyl sites for hydroxylation is 1. The van der Waals surface area contributed by atoms with E-state index in [0.29, 0.717) is 43.2 Å². The van der Waals surface area contributed by atoms with Gasteiger partial charge >= 0.3 is 0 Å². The molecule has 8 heteroatoms. The van der Waals surface area contributed by atoms with Crippen molar-refractivity contribution < 1.29 is 19.9 Å². The van der Waals surface area contributed by atoms with Crippen molar-refractivity contribution >= 4 is 17.1 Å². The molecule has 1 saturated heterocycles. The predicted molar refractivity (Wildman–Crippen MR) is 82.4 cm³/mol. The van der Waals surface area contributed by atoms with Crippen LogP contribution >= 0.6 is 0 Å². The van der Waals surface area contributed by atoms with Gasteiger partial charge in [-0.15, -0.1) is 0 Å². The molecule has 0 aliphatic carbocycles. The number of ether oxygens (including phenoxy) is 1. The molecule has 3 N–H and O–H groups in total. The number of hydrogen-bond acceptors (Lipinski definition) is 7. The van der Waals surface area contributed by atoms with Gasteiger partial charge in [0.1, 0.15) is 5.69 Å². The van der Waals surface area contributed by atoms with Gasteiger partial charge in [-0.1, -0.05) is 0 Å². The van der Waals surface area contributed by atoms with Crippen molar-refractivity contribution in [2.75, 3.05) is 49.7 Å². The first-order chi connectivity index (χ1) is 10.5. The third kappa shape index (κ3) is 3.85. The van der Waals surface area contributed by atoms with Crippen molar-refractivity contribution in [3.8, 4) is 0 Å². The highest BCUT2D eigenvalue weighted by atomic mass is 16.6. The topological polar surface area (TPSA) is 108 Å². The van der Waals surface area contributed by atoms with Crippen molar-refractivity contribution in [2.45, 2.75) is 13.0 Å². The van der Waals surface area contributed by atoms with Crippen LogP contribution in [0.2, 0.25) is 0 Å². The van der Waals surface area contributed by atoms with E-state index in [1.807, 2.05) is 4.90 Å². The summed E-state index contributed by atoms with van der Waals surface area (Å²) in [7, 11) is 0. The van der Waals surface area contributed by atoms with Crippen LogP contribution in [0, 0.1) is 17.0 Å².